The van der Waals surface area contributed by atoms with Gasteiger partial charge < -0.3 is 9.69 Å². The summed E-state index contributed by atoms with van der Waals surface area (Å²) in [5, 5.41) is 0. The second-order valence-corrected chi connectivity index (χ2v) is 6.77. The van der Waals surface area contributed by atoms with Gasteiger partial charge in [-0.15, -0.1) is 0 Å². The molecule has 0 radical (unpaired) electrons. The zero-order valence-corrected chi connectivity index (χ0v) is 13.3. The molecule has 0 aromatic carbocycles. The van der Waals surface area contributed by atoms with E-state index in [9.17, 15) is 4.79 Å². The van der Waals surface area contributed by atoms with E-state index < -0.39 is 0 Å². The Balaban J connectivity index is 4.39. The summed E-state index contributed by atoms with van der Waals surface area (Å²) >= 11 is 0. The van der Waals surface area contributed by atoms with Crippen LogP contribution in [0.2, 0.25) is 0 Å². The molecule has 0 saturated heterocycles. The molecule has 0 amide bonds. The molecule has 0 bridgehead atoms. The molecule has 2 nitrogen and oxygen atoms in total. The maximum absolute atomic E-state index is 11.2. The Labute approximate surface area is 114 Å². The molecule has 0 aromatic heterocycles. The lowest BCUT2D eigenvalue weighted by Crippen LogP contribution is -2.38. The van der Waals surface area contributed by atoms with Gasteiger partial charge in [0, 0.05) is 12.0 Å². The summed E-state index contributed by atoms with van der Waals surface area (Å²) in [4.78, 5) is 13.7. The molecule has 0 aliphatic rings. The fourth-order valence-electron chi connectivity index (χ4n) is 1.89. The number of nitrogens with zero attached hydrogens (tertiary/aromatic N) is 1. The molecule has 0 heterocycles. The average molecular weight is 255 g/mol. The maximum atomic E-state index is 11.2. The molecule has 0 aromatic rings. The third kappa shape index (κ3) is 7.86. The first-order chi connectivity index (χ1) is 8.33. The van der Waals surface area contributed by atoms with Crippen LogP contribution in [0, 0.1) is 17.3 Å². The van der Waals surface area contributed by atoms with E-state index in [-0.39, 0.29) is 5.41 Å². The summed E-state index contributed by atoms with van der Waals surface area (Å²) in [6.07, 6.45) is 4.51. The molecule has 0 spiro atoms. The molecule has 18 heavy (non-hydrogen) atoms. The van der Waals surface area contributed by atoms with Crippen molar-refractivity contribution in [3.63, 3.8) is 0 Å². The number of carbonyl (C=O) groups excluding carboxylic acids is 1. The van der Waals surface area contributed by atoms with Crippen molar-refractivity contribution >= 4 is 6.29 Å². The van der Waals surface area contributed by atoms with Crippen molar-refractivity contribution in [1.82, 2.24) is 4.90 Å². The van der Waals surface area contributed by atoms with Gasteiger partial charge in [0.2, 0.25) is 0 Å². The van der Waals surface area contributed by atoms with Gasteiger partial charge in [-0.3, -0.25) is 0 Å². The second kappa shape index (κ2) is 8.68. The van der Waals surface area contributed by atoms with Gasteiger partial charge in [0.15, 0.2) is 0 Å². The van der Waals surface area contributed by atoms with Crippen LogP contribution >= 0.6 is 0 Å². The summed E-state index contributed by atoms with van der Waals surface area (Å²) < 4.78 is 0. The fraction of sp³-hybridized carbons (Fsp3) is 0.938. The summed E-state index contributed by atoms with van der Waals surface area (Å²) in [6.45, 7) is 16.4. The van der Waals surface area contributed by atoms with Gasteiger partial charge in [-0.25, -0.2) is 0 Å². The van der Waals surface area contributed by atoms with Gasteiger partial charge in [-0.05, 0) is 44.2 Å². The van der Waals surface area contributed by atoms with Crippen molar-refractivity contribution in [1.29, 1.82) is 0 Å². The van der Waals surface area contributed by atoms with Crippen molar-refractivity contribution in [3.8, 4) is 0 Å². The van der Waals surface area contributed by atoms with Gasteiger partial charge in [0.1, 0.15) is 6.29 Å². The molecule has 0 aliphatic heterocycles. The smallest absolute Gasteiger partial charge is 0.127 e. The molecule has 0 fully saturated rings. The van der Waals surface area contributed by atoms with Crippen LogP contribution in [0.4, 0.5) is 0 Å². The molecule has 0 rings (SSSR count). The van der Waals surface area contributed by atoms with Crippen LogP contribution in [0.3, 0.4) is 0 Å². The van der Waals surface area contributed by atoms with Gasteiger partial charge in [0.05, 0.1) is 0 Å². The molecule has 0 aliphatic carbocycles. The first kappa shape index (κ1) is 17.6. The van der Waals surface area contributed by atoms with Crippen LogP contribution in [0.5, 0.6) is 0 Å². The van der Waals surface area contributed by atoms with Crippen LogP contribution < -0.4 is 0 Å². The highest BCUT2D eigenvalue weighted by Crippen LogP contribution is 2.20. The molecule has 1 unspecified atom stereocenters. The summed E-state index contributed by atoms with van der Waals surface area (Å²) in [6, 6.07) is 0. The molecule has 108 valence electrons. The van der Waals surface area contributed by atoms with Gasteiger partial charge in [-0.2, -0.15) is 0 Å². The van der Waals surface area contributed by atoms with Crippen LogP contribution in [0.1, 0.15) is 60.8 Å². The quantitative estimate of drug-likeness (QED) is 0.550. The molecular weight excluding hydrogens is 222 g/mol. The first-order valence-electron chi connectivity index (χ1n) is 7.51. The normalized spacial score (nSPS) is 15.4. The lowest BCUT2D eigenvalue weighted by atomic mass is 9.88. The van der Waals surface area contributed by atoms with Gasteiger partial charge in [0.25, 0.3) is 0 Å². The van der Waals surface area contributed by atoms with E-state index in [2.05, 4.69) is 46.4 Å². The Kier molecular flexibility index (Phi) is 8.51. The predicted molar refractivity (Wildman–Crippen MR) is 79.8 cm³/mol. The second-order valence-electron chi connectivity index (χ2n) is 6.77. The minimum Gasteiger partial charge on any atom is -0.303 e. The first-order valence-corrected chi connectivity index (χ1v) is 7.51. The van der Waals surface area contributed by atoms with Crippen LogP contribution in [-0.4, -0.2) is 30.8 Å². The third-order valence-corrected chi connectivity index (χ3v) is 3.72. The summed E-state index contributed by atoms with van der Waals surface area (Å²) in [5.74, 6) is 1.46. The summed E-state index contributed by atoms with van der Waals surface area (Å²) in [5.41, 5.74) is -0.173. The largest absolute Gasteiger partial charge is 0.303 e. The Morgan fingerprint density at radius 1 is 1.06 bits per heavy atom. The van der Waals surface area contributed by atoms with E-state index in [1.807, 2.05) is 0 Å². The maximum Gasteiger partial charge on any atom is 0.127 e. The van der Waals surface area contributed by atoms with E-state index in [4.69, 9.17) is 0 Å². The predicted octanol–water partition coefficient (Wildman–Crippen LogP) is 4.00. The SMILES string of the molecule is CCC(C)(C=O)CN(CCC(C)C)CCC(C)C. The number of carbonyl (C=O) groups is 1. The van der Waals surface area contributed by atoms with E-state index >= 15 is 0 Å². The Hall–Kier alpha value is -0.370. The van der Waals surface area contributed by atoms with Crippen molar-refractivity contribution in [3.05, 3.63) is 0 Å². The Morgan fingerprint density at radius 2 is 1.50 bits per heavy atom. The highest BCUT2D eigenvalue weighted by molar-refractivity contribution is 5.58. The number of rotatable bonds is 10. The van der Waals surface area contributed by atoms with Crippen LogP contribution in [0.25, 0.3) is 0 Å². The van der Waals surface area contributed by atoms with Crippen LogP contribution in [-0.2, 0) is 4.79 Å². The highest BCUT2D eigenvalue weighted by Gasteiger charge is 2.24. The lowest BCUT2D eigenvalue weighted by molar-refractivity contribution is -0.116. The zero-order chi connectivity index (χ0) is 14.2. The monoisotopic (exact) mass is 255 g/mol. The van der Waals surface area contributed by atoms with E-state index in [1.54, 1.807) is 0 Å². The Morgan fingerprint density at radius 3 is 1.78 bits per heavy atom. The van der Waals surface area contributed by atoms with E-state index in [1.165, 1.54) is 12.8 Å². The third-order valence-electron chi connectivity index (χ3n) is 3.72. The molecule has 0 saturated carbocycles. The standard InChI is InChI=1S/C16H33NO/c1-7-16(6,13-18)12-17(10-8-14(2)3)11-9-15(4)5/h13-15H,7-12H2,1-6H3. The fourth-order valence-corrected chi connectivity index (χ4v) is 1.89. The zero-order valence-electron chi connectivity index (χ0n) is 13.3. The van der Waals surface area contributed by atoms with E-state index in [0.29, 0.717) is 0 Å². The van der Waals surface area contributed by atoms with Gasteiger partial charge >= 0.3 is 0 Å². The Bertz CT molecular complexity index is 213. The number of hydrogen-bond donors (Lipinski definition) is 0. The number of hydrogen-bond acceptors (Lipinski definition) is 2. The summed E-state index contributed by atoms with van der Waals surface area (Å²) in [7, 11) is 0. The topological polar surface area (TPSA) is 20.3 Å². The van der Waals surface area contributed by atoms with Crippen molar-refractivity contribution < 1.29 is 4.79 Å². The average Bonchev–Trinajstić information content (AvgIpc) is 2.32. The van der Waals surface area contributed by atoms with Gasteiger partial charge in [-0.1, -0.05) is 41.5 Å². The molecule has 0 N–H and O–H groups in total. The van der Waals surface area contributed by atoms with Crippen molar-refractivity contribution in [2.24, 2.45) is 17.3 Å². The van der Waals surface area contributed by atoms with Crippen molar-refractivity contribution in [2.45, 2.75) is 60.8 Å². The molecule has 1 atom stereocenters. The minimum atomic E-state index is -0.173. The minimum absolute atomic E-state index is 0.173. The van der Waals surface area contributed by atoms with Crippen LogP contribution in [0.15, 0.2) is 0 Å². The lowest BCUT2D eigenvalue weighted by Gasteiger charge is -2.31. The molecular formula is C16H33NO. The number of aldehydes is 1. The molecule has 2 heteroatoms. The van der Waals surface area contributed by atoms with Crippen molar-refractivity contribution in [2.75, 3.05) is 19.6 Å². The van der Waals surface area contributed by atoms with E-state index in [0.717, 1.165) is 44.2 Å². The highest BCUT2D eigenvalue weighted by atomic mass is 16.1.